The van der Waals surface area contributed by atoms with Crippen LogP contribution in [0, 0.1) is 5.82 Å². The van der Waals surface area contributed by atoms with Gasteiger partial charge in [0.2, 0.25) is 5.95 Å². The number of aldehydes is 1. The zero-order valence-electron chi connectivity index (χ0n) is 14.0. The van der Waals surface area contributed by atoms with Gasteiger partial charge in [0.15, 0.2) is 11.6 Å². The number of hydrogen-bond donors (Lipinski definition) is 2. The Kier molecular flexibility index (Phi) is 5.39. The Bertz CT molecular complexity index is 995. The molecule has 0 amide bonds. The maximum Gasteiger partial charge on any atom is 0.573 e. The van der Waals surface area contributed by atoms with Crippen LogP contribution in [0.4, 0.5) is 40.7 Å². The summed E-state index contributed by atoms with van der Waals surface area (Å²) in [6, 6.07) is 11.3. The van der Waals surface area contributed by atoms with Crippen LogP contribution in [0.5, 0.6) is 5.75 Å². The first-order valence-electron chi connectivity index (χ1n) is 7.80. The summed E-state index contributed by atoms with van der Waals surface area (Å²) in [5.74, 6) is -1.41. The van der Waals surface area contributed by atoms with Crippen LogP contribution in [0.1, 0.15) is 10.4 Å². The average molecular weight is 392 g/mol. The van der Waals surface area contributed by atoms with Gasteiger partial charge in [-0.25, -0.2) is 9.37 Å². The van der Waals surface area contributed by atoms with E-state index in [2.05, 4.69) is 25.3 Å². The van der Waals surface area contributed by atoms with Crippen molar-refractivity contribution >= 4 is 29.4 Å². The molecule has 28 heavy (non-hydrogen) atoms. The van der Waals surface area contributed by atoms with Gasteiger partial charge < -0.3 is 15.4 Å². The fourth-order valence-corrected chi connectivity index (χ4v) is 2.24. The van der Waals surface area contributed by atoms with E-state index < -0.39 is 17.9 Å². The minimum Gasteiger partial charge on any atom is -0.406 e. The number of benzene rings is 2. The van der Waals surface area contributed by atoms with Gasteiger partial charge in [-0.1, -0.05) is 18.2 Å². The van der Waals surface area contributed by atoms with Crippen molar-refractivity contribution in [2.24, 2.45) is 0 Å². The Morgan fingerprint density at radius 1 is 1.00 bits per heavy atom. The SMILES string of the molecule is O=Cc1cccc(Nc2nc(Nc3cccc(OC(F)(F)F)c3)ncc2F)c1. The third-order valence-corrected chi connectivity index (χ3v) is 3.35. The van der Waals surface area contributed by atoms with Crippen molar-refractivity contribution < 1.29 is 27.1 Å². The van der Waals surface area contributed by atoms with Gasteiger partial charge in [-0.15, -0.1) is 13.2 Å². The molecule has 6 nitrogen and oxygen atoms in total. The summed E-state index contributed by atoms with van der Waals surface area (Å²) in [4.78, 5) is 18.6. The highest BCUT2D eigenvalue weighted by molar-refractivity contribution is 5.77. The molecule has 1 aromatic heterocycles. The fraction of sp³-hybridized carbons (Fsp3) is 0.0556. The minimum absolute atomic E-state index is 0.0559. The molecule has 0 aliphatic carbocycles. The van der Waals surface area contributed by atoms with Crippen molar-refractivity contribution in [3.8, 4) is 5.75 Å². The van der Waals surface area contributed by atoms with Crippen LogP contribution < -0.4 is 15.4 Å². The first kappa shape index (κ1) is 19.1. The van der Waals surface area contributed by atoms with E-state index in [1.54, 1.807) is 18.2 Å². The first-order valence-corrected chi connectivity index (χ1v) is 7.80. The van der Waals surface area contributed by atoms with Crippen LogP contribution in [-0.2, 0) is 0 Å². The summed E-state index contributed by atoms with van der Waals surface area (Å²) in [6.07, 6.45) is -3.28. The third kappa shape index (κ3) is 5.16. The zero-order valence-corrected chi connectivity index (χ0v) is 14.0. The molecular weight excluding hydrogens is 380 g/mol. The second kappa shape index (κ2) is 7.91. The average Bonchev–Trinajstić information content (AvgIpc) is 2.63. The molecule has 3 aromatic rings. The van der Waals surface area contributed by atoms with E-state index in [-0.39, 0.29) is 17.5 Å². The number of nitrogens with one attached hydrogen (secondary N) is 2. The van der Waals surface area contributed by atoms with Crippen molar-refractivity contribution in [2.75, 3.05) is 10.6 Å². The van der Waals surface area contributed by atoms with Crippen LogP contribution >= 0.6 is 0 Å². The molecule has 0 unspecified atom stereocenters. The van der Waals surface area contributed by atoms with Gasteiger partial charge in [-0.05, 0) is 24.3 Å². The number of anilines is 4. The van der Waals surface area contributed by atoms with Gasteiger partial charge in [0.05, 0.1) is 6.20 Å². The quantitative estimate of drug-likeness (QED) is 0.463. The molecule has 0 bridgehead atoms. The number of halogens is 4. The smallest absolute Gasteiger partial charge is 0.406 e. The fourth-order valence-electron chi connectivity index (χ4n) is 2.24. The van der Waals surface area contributed by atoms with Gasteiger partial charge in [-0.3, -0.25) is 4.79 Å². The van der Waals surface area contributed by atoms with E-state index in [0.717, 1.165) is 18.3 Å². The van der Waals surface area contributed by atoms with E-state index in [1.807, 2.05) is 0 Å². The highest BCUT2D eigenvalue weighted by Gasteiger charge is 2.31. The molecule has 3 rings (SSSR count). The number of rotatable bonds is 6. The van der Waals surface area contributed by atoms with E-state index >= 15 is 0 Å². The lowest BCUT2D eigenvalue weighted by atomic mass is 10.2. The third-order valence-electron chi connectivity index (χ3n) is 3.35. The number of hydrogen-bond acceptors (Lipinski definition) is 6. The molecule has 0 aliphatic heterocycles. The lowest BCUT2D eigenvalue weighted by Crippen LogP contribution is -2.17. The van der Waals surface area contributed by atoms with Crippen molar-refractivity contribution in [1.29, 1.82) is 0 Å². The summed E-state index contributed by atoms with van der Waals surface area (Å²) in [5.41, 5.74) is 1.02. The molecule has 0 spiro atoms. The van der Waals surface area contributed by atoms with E-state index in [9.17, 15) is 22.4 Å². The van der Waals surface area contributed by atoms with Crippen molar-refractivity contribution in [3.63, 3.8) is 0 Å². The Labute approximate surface area is 156 Å². The van der Waals surface area contributed by atoms with Crippen molar-refractivity contribution in [3.05, 3.63) is 66.1 Å². The highest BCUT2D eigenvalue weighted by atomic mass is 19.4. The van der Waals surface area contributed by atoms with E-state index in [4.69, 9.17) is 0 Å². The van der Waals surface area contributed by atoms with Crippen LogP contribution in [0.2, 0.25) is 0 Å². The predicted molar refractivity (Wildman–Crippen MR) is 93.5 cm³/mol. The summed E-state index contributed by atoms with van der Waals surface area (Å²) in [6.45, 7) is 0. The number of alkyl halides is 3. The van der Waals surface area contributed by atoms with Gasteiger partial charge in [0.25, 0.3) is 0 Å². The molecule has 0 saturated heterocycles. The van der Waals surface area contributed by atoms with Crippen LogP contribution in [0.25, 0.3) is 0 Å². The number of carbonyl (C=O) groups is 1. The molecule has 10 heteroatoms. The minimum atomic E-state index is -4.82. The Hall–Kier alpha value is -3.69. The monoisotopic (exact) mass is 392 g/mol. The Morgan fingerprint density at radius 3 is 2.43 bits per heavy atom. The van der Waals surface area contributed by atoms with Gasteiger partial charge in [-0.2, -0.15) is 4.98 Å². The molecule has 0 radical (unpaired) electrons. The largest absolute Gasteiger partial charge is 0.573 e. The normalized spacial score (nSPS) is 11.0. The van der Waals surface area contributed by atoms with Crippen molar-refractivity contribution in [1.82, 2.24) is 9.97 Å². The van der Waals surface area contributed by atoms with E-state index in [1.165, 1.54) is 18.2 Å². The number of aromatic nitrogens is 2. The van der Waals surface area contributed by atoms with Gasteiger partial charge in [0.1, 0.15) is 12.0 Å². The number of ether oxygens (including phenoxy) is 1. The van der Waals surface area contributed by atoms with Gasteiger partial charge >= 0.3 is 6.36 Å². The van der Waals surface area contributed by atoms with Gasteiger partial charge in [0, 0.05) is 23.0 Å². The van der Waals surface area contributed by atoms with Crippen molar-refractivity contribution in [2.45, 2.75) is 6.36 Å². The second-order valence-electron chi connectivity index (χ2n) is 5.46. The maximum atomic E-state index is 14.0. The molecular formula is C18H12F4N4O2. The zero-order chi connectivity index (χ0) is 20.1. The Morgan fingerprint density at radius 2 is 1.71 bits per heavy atom. The highest BCUT2D eigenvalue weighted by Crippen LogP contribution is 2.26. The standard InChI is InChI=1S/C18H12F4N4O2/c19-15-9-23-17(25-13-5-2-6-14(8-13)28-18(20,21)22)26-16(15)24-12-4-1-3-11(7-12)10-27/h1-10H,(H2,23,24,25,26). The molecule has 0 atom stereocenters. The molecule has 1 heterocycles. The molecule has 2 N–H and O–H groups in total. The molecule has 0 fully saturated rings. The van der Waals surface area contributed by atoms with Crippen LogP contribution in [0.3, 0.4) is 0 Å². The molecule has 144 valence electrons. The molecule has 2 aromatic carbocycles. The summed E-state index contributed by atoms with van der Waals surface area (Å²) < 4.78 is 54.8. The second-order valence-corrected chi connectivity index (χ2v) is 5.46. The molecule has 0 saturated carbocycles. The lowest BCUT2D eigenvalue weighted by molar-refractivity contribution is -0.274. The molecule has 0 aliphatic rings. The summed E-state index contributed by atoms with van der Waals surface area (Å²) in [7, 11) is 0. The number of nitrogens with zero attached hydrogens (tertiary/aromatic N) is 2. The predicted octanol–water partition coefficient (Wildman–Crippen LogP) is 4.81. The van der Waals surface area contributed by atoms with Crippen LogP contribution in [-0.4, -0.2) is 22.6 Å². The van der Waals surface area contributed by atoms with E-state index in [0.29, 0.717) is 17.5 Å². The van der Waals surface area contributed by atoms with Crippen LogP contribution in [0.15, 0.2) is 54.7 Å². The lowest BCUT2D eigenvalue weighted by Gasteiger charge is -2.12. The summed E-state index contributed by atoms with van der Waals surface area (Å²) in [5, 5.41) is 5.39. The Balaban J connectivity index is 1.79. The summed E-state index contributed by atoms with van der Waals surface area (Å²) >= 11 is 0. The number of carbonyl (C=O) groups excluding carboxylic acids is 1. The first-order chi connectivity index (χ1) is 13.3. The topological polar surface area (TPSA) is 76.1 Å². The maximum absolute atomic E-state index is 14.0.